The summed E-state index contributed by atoms with van der Waals surface area (Å²) in [7, 11) is 1.32. The number of hydrogen-bond donors (Lipinski definition) is 0. The quantitative estimate of drug-likeness (QED) is 0.635. The molecule has 1 aromatic heterocycles. The Kier molecular flexibility index (Phi) is 5.01. The molecule has 1 amide bonds. The summed E-state index contributed by atoms with van der Waals surface area (Å²) in [6, 6.07) is 11.8. The van der Waals surface area contributed by atoms with Crippen LogP contribution in [-0.2, 0) is 4.74 Å². The van der Waals surface area contributed by atoms with Gasteiger partial charge < -0.3 is 4.74 Å². The predicted octanol–water partition coefficient (Wildman–Crippen LogP) is 4.40. The lowest BCUT2D eigenvalue weighted by atomic mass is 10.1. The number of carbonyl (C=O) groups is 2. The first kappa shape index (κ1) is 17.4. The number of benzene rings is 2. The van der Waals surface area contributed by atoms with E-state index in [1.165, 1.54) is 18.4 Å². The van der Waals surface area contributed by atoms with Gasteiger partial charge in [0.05, 0.1) is 22.9 Å². The van der Waals surface area contributed by atoms with E-state index in [4.69, 9.17) is 11.6 Å². The number of nitrogens with zero attached hydrogens (tertiary/aromatic N) is 2. The van der Waals surface area contributed by atoms with E-state index < -0.39 is 5.97 Å². The summed E-state index contributed by atoms with van der Waals surface area (Å²) in [5, 5.41) is 1.22. The molecular weight excluding hydrogens is 360 g/mol. The molecule has 3 rings (SSSR count). The highest BCUT2D eigenvalue weighted by atomic mass is 35.5. The van der Waals surface area contributed by atoms with E-state index in [0.717, 1.165) is 10.2 Å². The van der Waals surface area contributed by atoms with Crippen molar-refractivity contribution in [2.45, 2.75) is 6.92 Å². The molecule has 0 aliphatic rings. The number of amides is 1. The van der Waals surface area contributed by atoms with Crippen LogP contribution in [0.15, 0.2) is 42.5 Å². The molecule has 0 unspecified atom stereocenters. The topological polar surface area (TPSA) is 59.5 Å². The van der Waals surface area contributed by atoms with Gasteiger partial charge in [0.25, 0.3) is 5.91 Å². The number of methoxy groups -OCH3 is 1. The van der Waals surface area contributed by atoms with E-state index in [1.807, 2.05) is 13.0 Å². The maximum absolute atomic E-state index is 12.8. The molecule has 0 aliphatic heterocycles. The van der Waals surface area contributed by atoms with Crippen molar-refractivity contribution >= 4 is 50.2 Å². The summed E-state index contributed by atoms with van der Waals surface area (Å²) < 4.78 is 5.63. The van der Waals surface area contributed by atoms with Crippen LogP contribution in [0.2, 0.25) is 5.02 Å². The molecule has 3 aromatic rings. The van der Waals surface area contributed by atoms with Crippen LogP contribution in [0.5, 0.6) is 0 Å². The molecule has 0 N–H and O–H groups in total. The fourth-order valence-corrected chi connectivity index (χ4v) is 3.57. The molecule has 0 saturated carbocycles. The monoisotopic (exact) mass is 374 g/mol. The van der Waals surface area contributed by atoms with Crippen molar-refractivity contribution in [3.8, 4) is 0 Å². The van der Waals surface area contributed by atoms with Crippen molar-refractivity contribution in [3.63, 3.8) is 0 Å². The minimum Gasteiger partial charge on any atom is -0.465 e. The van der Waals surface area contributed by atoms with E-state index in [1.54, 1.807) is 41.3 Å². The highest BCUT2D eigenvalue weighted by molar-refractivity contribution is 7.22. The van der Waals surface area contributed by atoms with Crippen molar-refractivity contribution in [2.24, 2.45) is 0 Å². The lowest BCUT2D eigenvalue weighted by Gasteiger charge is -2.17. The van der Waals surface area contributed by atoms with Crippen molar-refractivity contribution in [1.29, 1.82) is 0 Å². The molecule has 25 heavy (non-hydrogen) atoms. The van der Waals surface area contributed by atoms with Gasteiger partial charge in [-0.15, -0.1) is 0 Å². The summed E-state index contributed by atoms with van der Waals surface area (Å²) in [4.78, 5) is 30.4. The molecule has 0 spiro atoms. The number of fused-ring (bicyclic) bond motifs is 1. The average Bonchev–Trinajstić information content (AvgIpc) is 3.04. The van der Waals surface area contributed by atoms with E-state index in [-0.39, 0.29) is 5.91 Å². The van der Waals surface area contributed by atoms with Gasteiger partial charge in [-0.25, -0.2) is 9.78 Å². The fraction of sp³-hybridized carbons (Fsp3) is 0.167. The molecule has 0 saturated heterocycles. The zero-order valence-electron chi connectivity index (χ0n) is 13.7. The molecule has 7 heteroatoms. The smallest absolute Gasteiger partial charge is 0.337 e. The predicted molar refractivity (Wildman–Crippen MR) is 99.8 cm³/mol. The molecule has 0 atom stereocenters. The Labute approximate surface area is 153 Å². The number of thiazole rings is 1. The minimum atomic E-state index is -0.436. The summed E-state index contributed by atoms with van der Waals surface area (Å²) >= 11 is 7.43. The summed E-state index contributed by atoms with van der Waals surface area (Å²) in [5.41, 5.74) is 1.64. The second kappa shape index (κ2) is 7.21. The van der Waals surface area contributed by atoms with Crippen molar-refractivity contribution < 1.29 is 14.3 Å². The Bertz CT molecular complexity index is 937. The molecule has 0 aliphatic carbocycles. The number of rotatable bonds is 4. The fourth-order valence-electron chi connectivity index (χ4n) is 2.39. The molecule has 2 aromatic carbocycles. The number of ether oxygens (including phenoxy) is 1. The maximum Gasteiger partial charge on any atom is 0.337 e. The minimum absolute atomic E-state index is 0.177. The van der Waals surface area contributed by atoms with Gasteiger partial charge in [0.2, 0.25) is 0 Å². The van der Waals surface area contributed by atoms with Crippen LogP contribution < -0.4 is 4.90 Å². The molecular formula is C18H15ClN2O3S. The number of esters is 1. The van der Waals surface area contributed by atoms with Crippen molar-refractivity contribution in [2.75, 3.05) is 18.6 Å². The zero-order valence-corrected chi connectivity index (χ0v) is 15.2. The Morgan fingerprint density at radius 2 is 1.84 bits per heavy atom. The molecule has 0 fully saturated rings. The van der Waals surface area contributed by atoms with E-state index >= 15 is 0 Å². The summed E-state index contributed by atoms with van der Waals surface area (Å²) in [6.07, 6.45) is 0. The Balaban J connectivity index is 1.91. The summed E-state index contributed by atoms with van der Waals surface area (Å²) in [5.74, 6) is -0.613. The van der Waals surface area contributed by atoms with Gasteiger partial charge in [0, 0.05) is 17.1 Å². The van der Waals surface area contributed by atoms with Crippen LogP contribution in [-0.4, -0.2) is 30.5 Å². The largest absolute Gasteiger partial charge is 0.465 e. The maximum atomic E-state index is 12.8. The standard InChI is InChI=1S/C18H15ClN2O3S/c1-3-21(18-20-14-10-13(19)8-9-15(14)25-18)16(22)11-4-6-12(7-5-11)17(23)24-2/h4-10H,3H2,1-2H3. The number of carbonyl (C=O) groups excluding carboxylic acids is 2. The lowest BCUT2D eigenvalue weighted by molar-refractivity contribution is 0.0600. The van der Waals surface area contributed by atoms with Crippen molar-refractivity contribution in [3.05, 3.63) is 58.6 Å². The van der Waals surface area contributed by atoms with Crippen LogP contribution >= 0.6 is 22.9 Å². The third kappa shape index (κ3) is 3.50. The SMILES string of the molecule is CCN(C(=O)c1ccc(C(=O)OC)cc1)c1nc2cc(Cl)ccc2s1. The first-order valence-electron chi connectivity index (χ1n) is 7.60. The third-order valence-corrected chi connectivity index (χ3v) is 4.98. The van der Waals surface area contributed by atoms with Crippen LogP contribution in [0.25, 0.3) is 10.2 Å². The Morgan fingerprint density at radius 1 is 1.16 bits per heavy atom. The van der Waals surface area contributed by atoms with Gasteiger partial charge >= 0.3 is 5.97 Å². The normalized spacial score (nSPS) is 10.7. The van der Waals surface area contributed by atoms with E-state index in [2.05, 4.69) is 9.72 Å². The molecule has 128 valence electrons. The molecule has 1 heterocycles. The number of halogens is 1. The van der Waals surface area contributed by atoms with Crippen molar-refractivity contribution in [1.82, 2.24) is 4.98 Å². The zero-order chi connectivity index (χ0) is 18.0. The molecule has 0 bridgehead atoms. The number of aromatic nitrogens is 1. The van der Waals surface area contributed by atoms with E-state index in [0.29, 0.717) is 27.8 Å². The van der Waals surface area contributed by atoms with Gasteiger partial charge in [-0.05, 0) is 49.4 Å². The van der Waals surface area contributed by atoms with Crippen LogP contribution in [0, 0.1) is 0 Å². The number of anilines is 1. The lowest BCUT2D eigenvalue weighted by Crippen LogP contribution is -2.30. The Morgan fingerprint density at radius 3 is 2.48 bits per heavy atom. The van der Waals surface area contributed by atoms with Gasteiger partial charge in [-0.3, -0.25) is 9.69 Å². The van der Waals surface area contributed by atoms with Gasteiger partial charge in [-0.1, -0.05) is 22.9 Å². The van der Waals surface area contributed by atoms with Gasteiger partial charge in [0.1, 0.15) is 0 Å². The van der Waals surface area contributed by atoms with E-state index in [9.17, 15) is 9.59 Å². The second-order valence-electron chi connectivity index (χ2n) is 5.23. The first-order chi connectivity index (χ1) is 12.0. The molecule has 5 nitrogen and oxygen atoms in total. The van der Waals surface area contributed by atoms with Gasteiger partial charge in [-0.2, -0.15) is 0 Å². The summed E-state index contributed by atoms with van der Waals surface area (Å²) in [6.45, 7) is 2.37. The Hall–Kier alpha value is -2.44. The number of hydrogen-bond acceptors (Lipinski definition) is 5. The van der Waals surface area contributed by atoms with Crippen LogP contribution in [0.1, 0.15) is 27.6 Å². The highest BCUT2D eigenvalue weighted by Crippen LogP contribution is 2.31. The van der Waals surface area contributed by atoms with Gasteiger partial charge in [0.15, 0.2) is 5.13 Å². The van der Waals surface area contributed by atoms with Crippen LogP contribution in [0.4, 0.5) is 5.13 Å². The second-order valence-corrected chi connectivity index (χ2v) is 6.67. The first-order valence-corrected chi connectivity index (χ1v) is 8.79. The highest BCUT2D eigenvalue weighted by Gasteiger charge is 2.20. The molecule has 0 radical (unpaired) electrons. The third-order valence-electron chi connectivity index (χ3n) is 3.68. The average molecular weight is 375 g/mol. The van der Waals surface area contributed by atoms with Crippen LogP contribution in [0.3, 0.4) is 0 Å².